The first-order chi connectivity index (χ1) is 8.60. The van der Waals surface area contributed by atoms with E-state index in [1.165, 1.54) is 14.8 Å². The summed E-state index contributed by atoms with van der Waals surface area (Å²) in [4.78, 5) is 0. The molecule has 0 aliphatic carbocycles. The Kier molecular flexibility index (Phi) is 4.40. The highest BCUT2D eigenvalue weighted by Gasteiger charge is 2.11. The van der Waals surface area contributed by atoms with E-state index in [0.717, 1.165) is 18.5 Å². The second-order valence-corrected chi connectivity index (χ2v) is 5.71. The van der Waals surface area contributed by atoms with Gasteiger partial charge in [0, 0.05) is 28.8 Å². The van der Waals surface area contributed by atoms with Crippen LogP contribution >= 0.6 is 22.6 Å². The third-order valence-corrected chi connectivity index (χ3v) is 3.84. The molecule has 0 spiro atoms. The van der Waals surface area contributed by atoms with Crippen LogP contribution in [0.5, 0.6) is 0 Å². The summed E-state index contributed by atoms with van der Waals surface area (Å²) in [5, 5.41) is 4.45. The molecule has 2 rings (SSSR count). The lowest BCUT2D eigenvalue weighted by atomic mass is 10.0. The highest BCUT2D eigenvalue weighted by atomic mass is 127. The lowest BCUT2D eigenvalue weighted by Crippen LogP contribution is -2.15. The Hall–Kier alpha value is -0.880. The first-order valence-corrected chi connectivity index (χ1v) is 7.21. The van der Waals surface area contributed by atoms with E-state index in [0.29, 0.717) is 0 Å². The van der Waals surface area contributed by atoms with Crippen molar-refractivity contribution in [2.75, 3.05) is 0 Å². The lowest BCUT2D eigenvalue weighted by molar-refractivity contribution is 0.638. The minimum atomic E-state index is 0.0297. The van der Waals surface area contributed by atoms with Gasteiger partial charge < -0.3 is 5.73 Å². The van der Waals surface area contributed by atoms with Crippen molar-refractivity contribution >= 4 is 22.6 Å². The van der Waals surface area contributed by atoms with Crippen LogP contribution in [0, 0.1) is 3.57 Å². The molecular formula is C14H18IN3. The molecule has 0 saturated heterocycles. The van der Waals surface area contributed by atoms with Crippen LogP contribution in [-0.2, 0) is 19.9 Å². The van der Waals surface area contributed by atoms with E-state index < -0.39 is 0 Å². The summed E-state index contributed by atoms with van der Waals surface area (Å²) in [5.41, 5.74) is 9.75. The van der Waals surface area contributed by atoms with Gasteiger partial charge in [-0.05, 0) is 52.8 Å². The standard InChI is InChI=1S/C14H18IN3/c1-3-12-8-13(18(2)17-12)9-14(16)10-4-6-11(15)7-5-10/h4-8,14H,3,9,16H2,1-2H3. The van der Waals surface area contributed by atoms with Gasteiger partial charge in [0.25, 0.3) is 0 Å². The maximum atomic E-state index is 6.25. The van der Waals surface area contributed by atoms with E-state index in [-0.39, 0.29) is 6.04 Å². The molecule has 2 N–H and O–H groups in total. The largest absolute Gasteiger partial charge is 0.324 e. The molecule has 96 valence electrons. The van der Waals surface area contributed by atoms with Crippen LogP contribution in [0.4, 0.5) is 0 Å². The zero-order valence-corrected chi connectivity index (χ0v) is 12.9. The monoisotopic (exact) mass is 355 g/mol. The molecule has 18 heavy (non-hydrogen) atoms. The first kappa shape index (κ1) is 13.5. The number of hydrogen-bond acceptors (Lipinski definition) is 2. The molecule has 0 radical (unpaired) electrons. The van der Waals surface area contributed by atoms with Crippen LogP contribution in [0.1, 0.15) is 29.9 Å². The maximum absolute atomic E-state index is 6.25. The van der Waals surface area contributed by atoms with Gasteiger partial charge in [-0.25, -0.2) is 0 Å². The van der Waals surface area contributed by atoms with Crippen LogP contribution in [-0.4, -0.2) is 9.78 Å². The Balaban J connectivity index is 2.13. The van der Waals surface area contributed by atoms with Crippen molar-refractivity contribution in [1.29, 1.82) is 0 Å². The Morgan fingerprint density at radius 2 is 2.00 bits per heavy atom. The quantitative estimate of drug-likeness (QED) is 0.858. The van der Waals surface area contributed by atoms with Crippen molar-refractivity contribution in [3.63, 3.8) is 0 Å². The summed E-state index contributed by atoms with van der Waals surface area (Å²) in [6.45, 7) is 2.12. The van der Waals surface area contributed by atoms with E-state index in [4.69, 9.17) is 5.73 Å². The van der Waals surface area contributed by atoms with Gasteiger partial charge in [-0.15, -0.1) is 0 Å². The number of benzene rings is 1. The molecule has 1 unspecified atom stereocenters. The molecule has 1 atom stereocenters. The van der Waals surface area contributed by atoms with Crippen LogP contribution in [0.15, 0.2) is 30.3 Å². The molecule has 0 aliphatic rings. The van der Waals surface area contributed by atoms with Crippen molar-refractivity contribution in [3.05, 3.63) is 50.9 Å². The average Bonchev–Trinajstić information content (AvgIpc) is 2.71. The van der Waals surface area contributed by atoms with Crippen LogP contribution in [0.25, 0.3) is 0 Å². The number of nitrogens with zero attached hydrogens (tertiary/aromatic N) is 2. The van der Waals surface area contributed by atoms with Crippen LogP contribution < -0.4 is 5.73 Å². The fourth-order valence-electron chi connectivity index (χ4n) is 1.99. The van der Waals surface area contributed by atoms with Crippen molar-refractivity contribution in [3.8, 4) is 0 Å². The smallest absolute Gasteiger partial charge is 0.0624 e. The highest BCUT2D eigenvalue weighted by Crippen LogP contribution is 2.18. The molecule has 0 fully saturated rings. The van der Waals surface area contributed by atoms with E-state index in [9.17, 15) is 0 Å². The van der Waals surface area contributed by atoms with E-state index >= 15 is 0 Å². The van der Waals surface area contributed by atoms with Crippen molar-refractivity contribution in [2.45, 2.75) is 25.8 Å². The summed E-state index contributed by atoms with van der Waals surface area (Å²) < 4.78 is 3.17. The zero-order chi connectivity index (χ0) is 13.1. The van der Waals surface area contributed by atoms with Gasteiger partial charge >= 0.3 is 0 Å². The number of rotatable bonds is 4. The van der Waals surface area contributed by atoms with Crippen LogP contribution in [0.3, 0.4) is 0 Å². The predicted octanol–water partition coefficient (Wildman–Crippen LogP) is 2.83. The van der Waals surface area contributed by atoms with Gasteiger partial charge in [-0.3, -0.25) is 4.68 Å². The fraction of sp³-hybridized carbons (Fsp3) is 0.357. The zero-order valence-electron chi connectivity index (χ0n) is 10.7. The second kappa shape index (κ2) is 5.84. The average molecular weight is 355 g/mol. The molecule has 1 heterocycles. The Labute approximate surface area is 122 Å². The van der Waals surface area contributed by atoms with E-state index in [1.54, 1.807) is 0 Å². The Morgan fingerprint density at radius 3 is 2.56 bits per heavy atom. The molecule has 2 aromatic rings. The highest BCUT2D eigenvalue weighted by molar-refractivity contribution is 14.1. The van der Waals surface area contributed by atoms with Crippen LogP contribution in [0.2, 0.25) is 0 Å². The fourth-order valence-corrected chi connectivity index (χ4v) is 2.35. The molecule has 0 aliphatic heterocycles. The van der Waals surface area contributed by atoms with Gasteiger partial charge in [0.05, 0.1) is 5.69 Å². The third kappa shape index (κ3) is 3.11. The van der Waals surface area contributed by atoms with E-state index in [1.807, 2.05) is 11.7 Å². The number of aromatic nitrogens is 2. The number of hydrogen-bond donors (Lipinski definition) is 1. The summed E-state index contributed by atoms with van der Waals surface area (Å²) in [5.74, 6) is 0. The Bertz CT molecular complexity index is 516. The predicted molar refractivity (Wildman–Crippen MR) is 82.4 cm³/mol. The lowest BCUT2D eigenvalue weighted by Gasteiger charge is -2.12. The first-order valence-electron chi connectivity index (χ1n) is 6.13. The number of nitrogens with two attached hydrogens (primary N) is 1. The van der Waals surface area contributed by atoms with E-state index in [2.05, 4.69) is 64.9 Å². The topological polar surface area (TPSA) is 43.8 Å². The SMILES string of the molecule is CCc1cc(CC(N)c2ccc(I)cc2)n(C)n1. The normalized spacial score (nSPS) is 12.7. The molecule has 4 heteroatoms. The van der Waals surface area contributed by atoms with Crippen molar-refractivity contribution in [1.82, 2.24) is 9.78 Å². The summed E-state index contributed by atoms with van der Waals surface area (Å²) in [7, 11) is 1.98. The van der Waals surface area contributed by atoms with Crippen molar-refractivity contribution in [2.24, 2.45) is 12.8 Å². The molecule has 3 nitrogen and oxygen atoms in total. The summed E-state index contributed by atoms with van der Waals surface area (Å²) >= 11 is 2.30. The Morgan fingerprint density at radius 1 is 1.33 bits per heavy atom. The third-order valence-electron chi connectivity index (χ3n) is 3.12. The van der Waals surface area contributed by atoms with Crippen molar-refractivity contribution < 1.29 is 0 Å². The molecule has 1 aromatic carbocycles. The molecule has 1 aromatic heterocycles. The van der Waals surface area contributed by atoms with Gasteiger partial charge in [0.1, 0.15) is 0 Å². The minimum absolute atomic E-state index is 0.0297. The molecular weight excluding hydrogens is 337 g/mol. The second-order valence-electron chi connectivity index (χ2n) is 4.47. The number of aryl methyl sites for hydroxylation is 2. The maximum Gasteiger partial charge on any atom is 0.0624 e. The molecule has 0 saturated carbocycles. The number of halogens is 1. The van der Waals surface area contributed by atoms with Gasteiger partial charge in [0.2, 0.25) is 0 Å². The summed E-state index contributed by atoms with van der Waals surface area (Å²) in [6.07, 6.45) is 1.79. The van der Waals surface area contributed by atoms with Gasteiger partial charge in [-0.2, -0.15) is 5.10 Å². The molecule has 0 bridgehead atoms. The summed E-state index contributed by atoms with van der Waals surface area (Å²) in [6, 6.07) is 10.6. The van der Waals surface area contributed by atoms with Gasteiger partial charge in [-0.1, -0.05) is 19.1 Å². The minimum Gasteiger partial charge on any atom is -0.324 e. The van der Waals surface area contributed by atoms with Gasteiger partial charge in [0.15, 0.2) is 0 Å². The molecule has 0 amide bonds.